The molecule has 0 bridgehead atoms. The number of rotatable bonds is 6. The average molecular weight is 345 g/mol. The third-order valence-electron chi connectivity index (χ3n) is 4.27. The number of carbonyl (C=O) groups is 2. The number of ether oxygens (including phenoxy) is 2. The summed E-state index contributed by atoms with van der Waals surface area (Å²) in [6, 6.07) is 12.2. The van der Waals surface area contributed by atoms with E-state index < -0.39 is 11.4 Å². The Morgan fingerprint density at radius 2 is 2.00 bits per heavy atom. The Labute approximate surface area is 144 Å². The van der Waals surface area contributed by atoms with Crippen LogP contribution in [-0.2, 0) is 9.53 Å². The molecule has 1 fully saturated rings. The van der Waals surface area contributed by atoms with Crippen molar-refractivity contribution in [1.29, 1.82) is 0 Å². The van der Waals surface area contributed by atoms with E-state index in [1.54, 1.807) is 18.2 Å². The van der Waals surface area contributed by atoms with Gasteiger partial charge in [0, 0.05) is 26.3 Å². The first-order chi connectivity index (χ1) is 12.0. The van der Waals surface area contributed by atoms with Gasteiger partial charge < -0.3 is 23.9 Å². The predicted molar refractivity (Wildman–Crippen MR) is 87.7 cm³/mol. The average Bonchev–Trinajstić information content (AvgIpc) is 3.24. The number of likely N-dealkylation sites (tertiary alicyclic amines) is 1. The van der Waals surface area contributed by atoms with E-state index >= 15 is 0 Å². The molecule has 1 aliphatic rings. The molecule has 132 valence electrons. The molecule has 2 heterocycles. The van der Waals surface area contributed by atoms with E-state index in [1.165, 1.54) is 18.1 Å². The Bertz CT molecular complexity index is 756. The summed E-state index contributed by atoms with van der Waals surface area (Å²) >= 11 is 0. The zero-order chi connectivity index (χ0) is 17.9. The Hall–Kier alpha value is -2.80. The lowest BCUT2D eigenvalue weighted by Gasteiger charge is -2.23. The Balaban J connectivity index is 1.69. The van der Waals surface area contributed by atoms with Gasteiger partial charge in [-0.05, 0) is 24.6 Å². The molecule has 3 rings (SSSR count). The van der Waals surface area contributed by atoms with E-state index in [1.807, 2.05) is 18.2 Å². The monoisotopic (exact) mass is 345 g/mol. The van der Waals surface area contributed by atoms with Gasteiger partial charge in [-0.1, -0.05) is 18.2 Å². The Morgan fingerprint density at radius 1 is 1.24 bits per heavy atom. The predicted octanol–water partition coefficient (Wildman–Crippen LogP) is 2.64. The molecule has 7 heteroatoms. The van der Waals surface area contributed by atoms with Crippen molar-refractivity contribution in [3.8, 4) is 11.7 Å². The summed E-state index contributed by atoms with van der Waals surface area (Å²) in [5.41, 5.74) is -1.07. The van der Waals surface area contributed by atoms with Crippen molar-refractivity contribution >= 4 is 11.9 Å². The first-order valence-electron chi connectivity index (χ1n) is 7.88. The fourth-order valence-corrected chi connectivity index (χ4v) is 2.93. The first kappa shape index (κ1) is 17.0. The zero-order valence-corrected chi connectivity index (χ0v) is 13.8. The maximum atomic E-state index is 12.6. The zero-order valence-electron chi connectivity index (χ0n) is 13.8. The van der Waals surface area contributed by atoms with Crippen molar-refractivity contribution in [3.63, 3.8) is 0 Å². The van der Waals surface area contributed by atoms with Gasteiger partial charge in [-0.3, -0.25) is 9.59 Å². The standard InChI is InChI=1S/C18H19NO6/c1-23-12-18(17(21)22)9-10-19(11-18)16(20)14-7-8-15(25-14)24-13-5-3-2-4-6-13/h2-8H,9-12H2,1H3,(H,21,22). The van der Waals surface area contributed by atoms with Crippen LogP contribution in [0.25, 0.3) is 0 Å². The molecule has 1 saturated heterocycles. The summed E-state index contributed by atoms with van der Waals surface area (Å²) in [6.45, 7) is 0.487. The van der Waals surface area contributed by atoms with Gasteiger partial charge in [-0.15, -0.1) is 0 Å². The lowest BCUT2D eigenvalue weighted by atomic mass is 9.88. The highest BCUT2D eigenvalue weighted by Crippen LogP contribution is 2.33. The molecule has 0 saturated carbocycles. The van der Waals surface area contributed by atoms with Crippen LogP contribution in [-0.4, -0.2) is 48.7 Å². The smallest absolute Gasteiger partial charge is 0.313 e. The molecular formula is C18H19NO6. The minimum atomic E-state index is -1.07. The normalized spacial score (nSPS) is 19.8. The Morgan fingerprint density at radius 3 is 2.68 bits per heavy atom. The van der Waals surface area contributed by atoms with Crippen molar-refractivity contribution in [3.05, 3.63) is 48.2 Å². The summed E-state index contributed by atoms with van der Waals surface area (Å²) in [5, 5.41) is 9.47. The molecular weight excluding hydrogens is 326 g/mol. The van der Waals surface area contributed by atoms with E-state index in [2.05, 4.69) is 0 Å². The summed E-state index contributed by atoms with van der Waals surface area (Å²) in [6.07, 6.45) is 0.343. The van der Waals surface area contributed by atoms with Crippen LogP contribution in [0.3, 0.4) is 0 Å². The van der Waals surface area contributed by atoms with Crippen LogP contribution in [0.15, 0.2) is 46.9 Å². The van der Waals surface area contributed by atoms with Crippen molar-refractivity contribution in [2.24, 2.45) is 5.41 Å². The SMILES string of the molecule is COCC1(C(=O)O)CCN(C(=O)c2ccc(Oc3ccccc3)o2)C1. The van der Waals surface area contributed by atoms with Crippen molar-refractivity contribution in [1.82, 2.24) is 4.90 Å². The molecule has 1 aromatic heterocycles. The minimum Gasteiger partial charge on any atom is -0.481 e. The fraction of sp³-hybridized carbons (Fsp3) is 0.333. The fourth-order valence-electron chi connectivity index (χ4n) is 2.93. The summed E-state index contributed by atoms with van der Waals surface area (Å²) in [5.74, 6) is -0.402. The molecule has 7 nitrogen and oxygen atoms in total. The van der Waals surface area contributed by atoms with Crippen LogP contribution in [0.2, 0.25) is 0 Å². The topological polar surface area (TPSA) is 89.2 Å². The molecule has 2 aromatic rings. The summed E-state index contributed by atoms with van der Waals surface area (Å²) in [7, 11) is 1.45. The molecule has 1 aliphatic heterocycles. The molecule has 1 atom stereocenters. The maximum Gasteiger partial charge on any atom is 0.313 e. The van der Waals surface area contributed by atoms with Crippen LogP contribution in [0.4, 0.5) is 0 Å². The summed E-state index contributed by atoms with van der Waals surface area (Å²) in [4.78, 5) is 25.6. The number of hydrogen-bond donors (Lipinski definition) is 1. The minimum absolute atomic E-state index is 0.0621. The second-order valence-electron chi connectivity index (χ2n) is 6.03. The number of hydrogen-bond acceptors (Lipinski definition) is 5. The van der Waals surface area contributed by atoms with Gasteiger partial charge in [-0.25, -0.2) is 0 Å². The Kier molecular flexibility index (Phi) is 4.76. The molecule has 0 radical (unpaired) electrons. The number of amides is 1. The summed E-state index contributed by atoms with van der Waals surface area (Å²) < 4.78 is 16.0. The molecule has 0 spiro atoms. The van der Waals surface area contributed by atoms with Crippen LogP contribution >= 0.6 is 0 Å². The molecule has 0 aliphatic carbocycles. The van der Waals surface area contributed by atoms with Gasteiger partial charge in [0.05, 0.1) is 6.61 Å². The van der Waals surface area contributed by atoms with E-state index in [9.17, 15) is 14.7 Å². The quantitative estimate of drug-likeness (QED) is 0.866. The highest BCUT2D eigenvalue weighted by atomic mass is 16.6. The van der Waals surface area contributed by atoms with Crippen LogP contribution in [0.1, 0.15) is 17.0 Å². The number of para-hydroxylation sites is 1. The van der Waals surface area contributed by atoms with Gasteiger partial charge in [0.25, 0.3) is 11.9 Å². The number of aliphatic carboxylic acids is 1. The van der Waals surface area contributed by atoms with Gasteiger partial charge in [-0.2, -0.15) is 0 Å². The second-order valence-corrected chi connectivity index (χ2v) is 6.03. The van der Waals surface area contributed by atoms with E-state index in [0.29, 0.717) is 18.7 Å². The van der Waals surface area contributed by atoms with E-state index in [4.69, 9.17) is 13.9 Å². The number of furan rings is 1. The van der Waals surface area contributed by atoms with E-state index in [0.717, 1.165) is 0 Å². The number of benzene rings is 1. The third-order valence-corrected chi connectivity index (χ3v) is 4.27. The van der Waals surface area contributed by atoms with Gasteiger partial charge in [0.15, 0.2) is 5.76 Å². The lowest BCUT2D eigenvalue weighted by molar-refractivity contribution is -0.151. The highest BCUT2D eigenvalue weighted by Gasteiger charge is 2.47. The first-order valence-corrected chi connectivity index (χ1v) is 7.88. The maximum absolute atomic E-state index is 12.6. The molecule has 1 aromatic carbocycles. The highest BCUT2D eigenvalue weighted by molar-refractivity contribution is 5.92. The lowest BCUT2D eigenvalue weighted by Crippen LogP contribution is -2.40. The van der Waals surface area contributed by atoms with Crippen molar-refractivity contribution in [2.45, 2.75) is 6.42 Å². The number of carboxylic acid groups (broad SMARTS) is 1. The van der Waals surface area contributed by atoms with Crippen LogP contribution in [0, 0.1) is 5.41 Å². The molecule has 1 unspecified atom stereocenters. The van der Waals surface area contributed by atoms with Crippen molar-refractivity contribution in [2.75, 3.05) is 26.8 Å². The third kappa shape index (κ3) is 3.51. The van der Waals surface area contributed by atoms with Gasteiger partial charge >= 0.3 is 5.97 Å². The molecule has 25 heavy (non-hydrogen) atoms. The molecule has 1 amide bonds. The largest absolute Gasteiger partial charge is 0.481 e. The number of carbonyl (C=O) groups excluding carboxylic acids is 1. The van der Waals surface area contributed by atoms with Gasteiger partial charge in [0.1, 0.15) is 11.2 Å². The number of methoxy groups -OCH3 is 1. The van der Waals surface area contributed by atoms with E-state index in [-0.39, 0.29) is 30.8 Å². The number of carboxylic acids is 1. The van der Waals surface area contributed by atoms with Crippen LogP contribution < -0.4 is 4.74 Å². The van der Waals surface area contributed by atoms with Crippen molar-refractivity contribution < 1.29 is 28.6 Å². The number of nitrogens with zero attached hydrogens (tertiary/aromatic N) is 1. The van der Waals surface area contributed by atoms with Gasteiger partial charge in [0.2, 0.25) is 0 Å². The van der Waals surface area contributed by atoms with Crippen LogP contribution in [0.5, 0.6) is 11.7 Å². The molecule has 1 N–H and O–H groups in total. The second kappa shape index (κ2) is 6.98.